The van der Waals surface area contributed by atoms with Gasteiger partial charge < -0.3 is 9.87 Å². The van der Waals surface area contributed by atoms with Crippen molar-refractivity contribution in [1.82, 2.24) is 19.8 Å². The highest BCUT2D eigenvalue weighted by atomic mass is 32.3. The van der Waals surface area contributed by atoms with Gasteiger partial charge in [0.05, 0.1) is 5.52 Å². The molecule has 1 atom stereocenters. The molecule has 0 bridgehead atoms. The summed E-state index contributed by atoms with van der Waals surface area (Å²) in [4.78, 5) is 4.82. The average molecular weight is 393 g/mol. The highest BCUT2D eigenvalue weighted by molar-refractivity contribution is 7.97. The lowest BCUT2D eigenvalue weighted by molar-refractivity contribution is 0.475. The van der Waals surface area contributed by atoms with E-state index in [0.717, 1.165) is 34.9 Å². The van der Waals surface area contributed by atoms with Gasteiger partial charge in [0, 0.05) is 11.4 Å². The van der Waals surface area contributed by atoms with Gasteiger partial charge in [0.25, 0.3) is 0 Å². The number of benzene rings is 2. The first-order chi connectivity index (χ1) is 13.4. The van der Waals surface area contributed by atoms with Crippen LogP contribution in [0, 0.1) is 13.8 Å². The van der Waals surface area contributed by atoms with E-state index in [-0.39, 0.29) is 15.6 Å². The number of fused-ring (bicyclic) bond motifs is 3. The summed E-state index contributed by atoms with van der Waals surface area (Å²) >= 11 is 0. The van der Waals surface area contributed by atoms with Gasteiger partial charge in [0.2, 0.25) is 5.65 Å². The van der Waals surface area contributed by atoms with Crippen molar-refractivity contribution < 1.29 is 8.76 Å². The van der Waals surface area contributed by atoms with Crippen LogP contribution in [0.25, 0.3) is 16.6 Å². The van der Waals surface area contributed by atoms with Crippen molar-refractivity contribution in [3.8, 4) is 0 Å². The predicted molar refractivity (Wildman–Crippen MR) is 106 cm³/mol. The Morgan fingerprint density at radius 2 is 1.93 bits per heavy atom. The monoisotopic (exact) mass is 393 g/mol. The first-order valence-electron chi connectivity index (χ1n) is 9.18. The topological polar surface area (TPSA) is 95.2 Å². The average Bonchev–Trinajstić information content (AvgIpc) is 3.39. The zero-order valence-electron chi connectivity index (χ0n) is 15.5. The molecule has 2 heterocycles. The van der Waals surface area contributed by atoms with Crippen molar-refractivity contribution >= 4 is 32.6 Å². The van der Waals surface area contributed by atoms with E-state index >= 15 is 0 Å². The summed E-state index contributed by atoms with van der Waals surface area (Å²) in [5.74, 6) is 0.671. The van der Waals surface area contributed by atoms with Crippen LogP contribution < -0.4 is 5.32 Å². The molecule has 28 heavy (non-hydrogen) atoms. The first kappa shape index (κ1) is 17.3. The molecule has 1 aliphatic carbocycles. The lowest BCUT2D eigenvalue weighted by Gasteiger charge is -2.13. The number of anilines is 1. The fourth-order valence-corrected chi connectivity index (χ4v) is 4.56. The van der Waals surface area contributed by atoms with Crippen LogP contribution in [0.4, 0.5) is 5.82 Å². The van der Waals surface area contributed by atoms with Crippen molar-refractivity contribution in [3.63, 3.8) is 0 Å². The smallest absolute Gasteiger partial charge is 0.317 e. The van der Waals surface area contributed by atoms with Crippen LogP contribution in [0.1, 0.15) is 24.0 Å². The molecule has 5 rings (SSSR count). The van der Waals surface area contributed by atoms with Crippen molar-refractivity contribution in [2.75, 3.05) is 5.32 Å². The van der Waals surface area contributed by atoms with Crippen LogP contribution in [-0.4, -0.2) is 30.4 Å². The van der Waals surface area contributed by atoms with Gasteiger partial charge >= 0.3 is 5.03 Å². The van der Waals surface area contributed by atoms with Crippen molar-refractivity contribution in [2.24, 2.45) is 0 Å². The number of aromatic nitrogens is 4. The second-order valence-electron chi connectivity index (χ2n) is 7.28. The number of hydrogen-bond donors (Lipinski definition) is 1. The number of sulfone groups is 1. The third kappa shape index (κ3) is 2.68. The molecular weight excluding hydrogens is 374 g/mol. The summed E-state index contributed by atoms with van der Waals surface area (Å²) in [5, 5.41) is 12.3. The normalized spacial score (nSPS) is 16.4. The number of nitrogens with zero attached hydrogens (tertiary/aromatic N) is 4. The van der Waals surface area contributed by atoms with Gasteiger partial charge in [-0.15, -0.1) is 0 Å². The van der Waals surface area contributed by atoms with E-state index in [2.05, 4.69) is 20.6 Å². The molecule has 0 saturated heterocycles. The Morgan fingerprint density at radius 3 is 2.68 bits per heavy atom. The minimum absolute atomic E-state index is 0.125. The molecule has 1 saturated carbocycles. The Kier molecular flexibility index (Phi) is 3.75. The number of para-hydroxylation sites is 1. The molecule has 1 aliphatic rings. The second-order valence-corrected chi connectivity index (χ2v) is 9.14. The Labute approximate surface area is 163 Å². The largest absolute Gasteiger partial charge is 0.604 e. The molecule has 0 spiro atoms. The van der Waals surface area contributed by atoms with E-state index in [1.807, 2.05) is 38.1 Å². The van der Waals surface area contributed by atoms with E-state index in [4.69, 9.17) is 0 Å². The van der Waals surface area contributed by atoms with Crippen LogP contribution in [-0.2, 0) is 14.4 Å². The second kappa shape index (κ2) is 6.08. The maximum absolute atomic E-state index is 13.3. The lowest BCUT2D eigenvalue weighted by Crippen LogP contribution is -2.13. The molecule has 0 aliphatic heterocycles. The van der Waals surface area contributed by atoms with Crippen molar-refractivity contribution in [1.29, 1.82) is 0 Å². The molecule has 1 fully saturated rings. The van der Waals surface area contributed by atoms with Gasteiger partial charge in [0.15, 0.2) is 4.90 Å². The molecule has 1 N–H and O–H groups in total. The van der Waals surface area contributed by atoms with Crippen LogP contribution in [0.3, 0.4) is 0 Å². The van der Waals surface area contributed by atoms with Crippen LogP contribution in [0.15, 0.2) is 52.4 Å². The molecule has 0 radical (unpaired) electrons. The maximum Gasteiger partial charge on any atom is 0.317 e. The highest BCUT2D eigenvalue weighted by Crippen LogP contribution is 2.33. The number of hydrogen-bond acceptors (Lipinski definition) is 6. The molecule has 1 unspecified atom stereocenters. The SMILES string of the molecule is Cc1ccc([S+](=O)([O-])c2nnn3c2nc(NC2CC2)c2ccccc23)cc1C. The van der Waals surface area contributed by atoms with Gasteiger partial charge in [-0.05, 0) is 62.1 Å². The molecule has 2 aromatic heterocycles. The Hall–Kier alpha value is -2.84. The number of rotatable bonds is 4. The Balaban J connectivity index is 1.74. The van der Waals surface area contributed by atoms with Crippen LogP contribution in [0.2, 0.25) is 0 Å². The predicted octanol–water partition coefficient (Wildman–Crippen LogP) is 3.52. The maximum atomic E-state index is 13.3. The summed E-state index contributed by atoms with van der Waals surface area (Å²) in [5.41, 5.74) is 2.95. The molecule has 0 amide bonds. The minimum atomic E-state index is -3.84. The van der Waals surface area contributed by atoms with Gasteiger partial charge in [0.1, 0.15) is 16.0 Å². The van der Waals surface area contributed by atoms with Crippen LogP contribution in [0.5, 0.6) is 0 Å². The van der Waals surface area contributed by atoms with Gasteiger partial charge in [-0.2, -0.15) is 4.52 Å². The number of aryl methyl sites for hydroxylation is 2. The summed E-state index contributed by atoms with van der Waals surface area (Å²) in [6.07, 6.45) is 2.18. The zero-order valence-corrected chi connectivity index (χ0v) is 16.4. The highest BCUT2D eigenvalue weighted by Gasteiger charge is 2.33. The summed E-state index contributed by atoms with van der Waals surface area (Å²) in [6.45, 7) is 3.84. The third-order valence-electron chi connectivity index (χ3n) is 5.18. The summed E-state index contributed by atoms with van der Waals surface area (Å²) < 4.78 is 28.1. The first-order valence-corrected chi connectivity index (χ1v) is 10.7. The van der Waals surface area contributed by atoms with E-state index in [9.17, 15) is 8.76 Å². The van der Waals surface area contributed by atoms with Crippen LogP contribution >= 0.6 is 0 Å². The van der Waals surface area contributed by atoms with E-state index in [1.165, 1.54) is 4.52 Å². The Morgan fingerprint density at radius 1 is 1.14 bits per heavy atom. The zero-order chi connectivity index (χ0) is 19.5. The van der Waals surface area contributed by atoms with Gasteiger partial charge in [-0.1, -0.05) is 32.7 Å². The minimum Gasteiger partial charge on any atom is -0.604 e. The number of nitrogens with one attached hydrogen (secondary N) is 1. The van der Waals surface area contributed by atoms with E-state index < -0.39 is 10.2 Å². The fourth-order valence-electron chi connectivity index (χ4n) is 3.24. The molecule has 7 nitrogen and oxygen atoms in total. The van der Waals surface area contributed by atoms with Crippen molar-refractivity contribution in [3.05, 3.63) is 53.6 Å². The quantitative estimate of drug-likeness (QED) is 0.533. The van der Waals surface area contributed by atoms with E-state index in [1.54, 1.807) is 18.2 Å². The summed E-state index contributed by atoms with van der Waals surface area (Å²) in [7, 11) is -3.84. The molecule has 8 heteroatoms. The fraction of sp³-hybridized carbons (Fsp3) is 0.250. The summed E-state index contributed by atoms with van der Waals surface area (Å²) in [6, 6.07) is 13.1. The lowest BCUT2D eigenvalue weighted by atomic mass is 10.1. The van der Waals surface area contributed by atoms with Gasteiger partial charge in [-0.25, -0.2) is 4.98 Å². The third-order valence-corrected chi connectivity index (χ3v) is 6.83. The standard InChI is InChI=1S/C20H19N5O2S/c1-12-7-10-15(11-13(12)2)28(26,27)20-19-22-18(21-14-8-9-14)16-5-3-4-6-17(16)25(19)24-23-20/h3-7,10-11,14H,8-9H2,1-2H3,(H-,21,22,26,27). The molecule has 142 valence electrons. The van der Waals surface area contributed by atoms with E-state index in [0.29, 0.717) is 11.9 Å². The van der Waals surface area contributed by atoms with Gasteiger partial charge in [-0.3, -0.25) is 0 Å². The van der Waals surface area contributed by atoms with Crippen molar-refractivity contribution in [2.45, 2.75) is 42.7 Å². The Bertz CT molecular complexity index is 1280. The molecule has 2 aromatic carbocycles. The molecule has 4 aromatic rings. The molecular formula is C20H19N5O2S.